The molecule has 0 saturated carbocycles. The highest BCUT2D eigenvalue weighted by molar-refractivity contribution is 5.92. The summed E-state index contributed by atoms with van der Waals surface area (Å²) >= 11 is 0. The van der Waals surface area contributed by atoms with Gasteiger partial charge in [0.05, 0.1) is 13.7 Å². The monoisotopic (exact) mass is 303 g/mol. The van der Waals surface area contributed by atoms with Crippen molar-refractivity contribution in [3.05, 3.63) is 36.0 Å². The lowest BCUT2D eigenvalue weighted by atomic mass is 10.2. The smallest absolute Gasteiger partial charge is 0.228 e. The molecule has 2 rings (SSSR count). The minimum atomic E-state index is 0.251. The number of aromatic nitrogens is 2. The van der Waals surface area contributed by atoms with Gasteiger partial charge >= 0.3 is 0 Å². The number of nitrogens with one attached hydrogen (secondary N) is 1. The van der Waals surface area contributed by atoms with Crippen molar-refractivity contribution in [3.8, 4) is 5.75 Å². The summed E-state index contributed by atoms with van der Waals surface area (Å²) in [6.45, 7) is 4.51. The van der Waals surface area contributed by atoms with Crippen molar-refractivity contribution >= 4 is 11.6 Å². The van der Waals surface area contributed by atoms with Crippen LogP contribution in [0, 0.1) is 0 Å². The number of methoxy groups -OCH3 is 1. The van der Waals surface area contributed by atoms with Gasteiger partial charge in [0.1, 0.15) is 5.75 Å². The molecule has 0 aliphatic rings. The summed E-state index contributed by atoms with van der Waals surface area (Å²) in [4.78, 5) is 8.53. The topological polar surface area (TPSA) is 98.6 Å². The zero-order valence-electron chi connectivity index (χ0n) is 13.0. The Balaban J connectivity index is 1.86. The summed E-state index contributed by atoms with van der Waals surface area (Å²) in [5.41, 5.74) is 6.67. The van der Waals surface area contributed by atoms with Crippen molar-refractivity contribution < 1.29 is 9.26 Å². The van der Waals surface area contributed by atoms with Gasteiger partial charge in [-0.1, -0.05) is 25.1 Å². The fraction of sp³-hybridized carbons (Fsp3) is 0.400. The molecule has 118 valence electrons. The zero-order chi connectivity index (χ0) is 15.9. The second-order valence-electron chi connectivity index (χ2n) is 5.07. The van der Waals surface area contributed by atoms with Gasteiger partial charge in [0.15, 0.2) is 11.8 Å². The molecule has 3 N–H and O–H groups in total. The molecule has 0 radical (unpaired) electrons. The van der Waals surface area contributed by atoms with E-state index in [4.69, 9.17) is 15.0 Å². The molecule has 0 saturated heterocycles. The van der Waals surface area contributed by atoms with Crippen LogP contribution in [0.15, 0.2) is 33.8 Å². The minimum absolute atomic E-state index is 0.251. The Morgan fingerprint density at radius 2 is 2.27 bits per heavy atom. The van der Waals surface area contributed by atoms with Crippen LogP contribution in [0.25, 0.3) is 0 Å². The Morgan fingerprint density at radius 1 is 1.45 bits per heavy atom. The number of hydrogen-bond acceptors (Lipinski definition) is 5. The predicted molar refractivity (Wildman–Crippen MR) is 85.2 cm³/mol. The van der Waals surface area contributed by atoms with Gasteiger partial charge in [-0.15, -0.1) is 0 Å². The minimum Gasteiger partial charge on any atom is -0.497 e. The average Bonchev–Trinajstić information content (AvgIpc) is 2.96. The van der Waals surface area contributed by atoms with Gasteiger partial charge in [0.25, 0.3) is 0 Å². The lowest BCUT2D eigenvalue weighted by molar-refractivity contribution is 0.372. The average molecular weight is 303 g/mol. The first-order valence-corrected chi connectivity index (χ1v) is 7.12. The quantitative estimate of drug-likeness (QED) is 0.627. The molecule has 0 bridgehead atoms. The van der Waals surface area contributed by atoms with Crippen LogP contribution in [0.5, 0.6) is 5.75 Å². The number of benzene rings is 1. The third kappa shape index (κ3) is 4.47. The summed E-state index contributed by atoms with van der Waals surface area (Å²) in [6, 6.07) is 7.47. The Labute approximate surface area is 129 Å². The maximum absolute atomic E-state index is 5.85. The first kappa shape index (κ1) is 15.8. The Morgan fingerprint density at radius 3 is 2.95 bits per heavy atom. The highest BCUT2D eigenvalue weighted by Crippen LogP contribution is 2.16. The predicted octanol–water partition coefficient (Wildman–Crippen LogP) is 2.17. The van der Waals surface area contributed by atoms with Gasteiger partial charge in [-0.25, -0.2) is 0 Å². The molecule has 0 amide bonds. The van der Waals surface area contributed by atoms with E-state index < -0.39 is 0 Å². The Kier molecular flexibility index (Phi) is 5.35. The number of nitrogens with two attached hydrogens (primary N) is 1. The van der Waals surface area contributed by atoms with E-state index in [-0.39, 0.29) is 5.92 Å². The number of rotatable bonds is 6. The number of ether oxygens (including phenoxy) is 1. The second kappa shape index (κ2) is 7.44. The largest absolute Gasteiger partial charge is 0.497 e. The third-order valence-corrected chi connectivity index (χ3v) is 2.95. The third-order valence-electron chi connectivity index (χ3n) is 2.95. The van der Waals surface area contributed by atoms with Crippen molar-refractivity contribution in [1.82, 2.24) is 10.1 Å². The van der Waals surface area contributed by atoms with Crippen LogP contribution in [-0.2, 0) is 6.42 Å². The summed E-state index contributed by atoms with van der Waals surface area (Å²) in [5, 5.41) is 6.91. The van der Waals surface area contributed by atoms with Crippen molar-refractivity contribution in [2.24, 2.45) is 10.7 Å². The maximum atomic E-state index is 5.85. The fourth-order valence-corrected chi connectivity index (χ4v) is 1.76. The molecule has 7 heteroatoms. The molecule has 7 nitrogen and oxygen atoms in total. The van der Waals surface area contributed by atoms with Gasteiger partial charge < -0.3 is 20.3 Å². The second-order valence-corrected chi connectivity index (χ2v) is 5.07. The lowest BCUT2D eigenvalue weighted by Gasteiger charge is -2.06. The van der Waals surface area contributed by atoms with Gasteiger partial charge in [0, 0.05) is 24.1 Å². The standard InChI is InChI=1S/C15H21N5O2/c1-10(2)14-19-13(22-20-14)7-8-17-15(16)18-11-5-4-6-12(9-11)21-3/h4-6,9-10H,7-8H2,1-3H3,(H3,16,17,18). The molecule has 1 aromatic carbocycles. The fourth-order valence-electron chi connectivity index (χ4n) is 1.76. The maximum Gasteiger partial charge on any atom is 0.228 e. The van der Waals surface area contributed by atoms with Crippen LogP contribution in [0.4, 0.5) is 5.69 Å². The molecule has 2 aromatic rings. The molecule has 0 unspecified atom stereocenters. The van der Waals surface area contributed by atoms with E-state index in [2.05, 4.69) is 20.4 Å². The van der Waals surface area contributed by atoms with E-state index in [1.807, 2.05) is 38.1 Å². The first-order chi connectivity index (χ1) is 10.6. The normalized spacial score (nSPS) is 11.7. The molecule has 0 fully saturated rings. The number of nitrogens with zero attached hydrogens (tertiary/aromatic N) is 3. The van der Waals surface area contributed by atoms with Gasteiger partial charge in [-0.3, -0.25) is 4.99 Å². The molecule has 22 heavy (non-hydrogen) atoms. The number of anilines is 1. The highest BCUT2D eigenvalue weighted by atomic mass is 16.5. The van der Waals surface area contributed by atoms with Crippen molar-refractivity contribution in [2.45, 2.75) is 26.2 Å². The van der Waals surface area contributed by atoms with Gasteiger partial charge in [0.2, 0.25) is 5.89 Å². The van der Waals surface area contributed by atoms with Crippen LogP contribution in [0.1, 0.15) is 31.5 Å². The van der Waals surface area contributed by atoms with Crippen LogP contribution in [0.3, 0.4) is 0 Å². The number of hydrogen-bond donors (Lipinski definition) is 2. The zero-order valence-corrected chi connectivity index (χ0v) is 13.0. The van der Waals surface area contributed by atoms with Gasteiger partial charge in [-0.2, -0.15) is 4.98 Å². The number of guanidine groups is 1. The summed E-state index contributed by atoms with van der Waals surface area (Å²) in [6.07, 6.45) is 0.556. The molecular formula is C15H21N5O2. The van der Waals surface area contributed by atoms with Crippen LogP contribution in [-0.4, -0.2) is 29.8 Å². The van der Waals surface area contributed by atoms with Crippen molar-refractivity contribution in [1.29, 1.82) is 0 Å². The molecule has 1 heterocycles. The molecular weight excluding hydrogens is 282 g/mol. The number of aliphatic imine (C=N–C) groups is 1. The van der Waals surface area contributed by atoms with E-state index in [1.165, 1.54) is 0 Å². The van der Waals surface area contributed by atoms with E-state index in [0.717, 1.165) is 11.4 Å². The molecule has 0 atom stereocenters. The molecule has 0 spiro atoms. The molecule has 1 aromatic heterocycles. The summed E-state index contributed by atoms with van der Waals surface area (Å²) < 4.78 is 10.3. The first-order valence-electron chi connectivity index (χ1n) is 7.12. The Bertz CT molecular complexity index is 636. The van der Waals surface area contributed by atoms with Crippen LogP contribution >= 0.6 is 0 Å². The molecule has 0 aliphatic heterocycles. The van der Waals surface area contributed by atoms with E-state index in [9.17, 15) is 0 Å². The summed E-state index contributed by atoms with van der Waals surface area (Å²) in [7, 11) is 1.62. The lowest BCUT2D eigenvalue weighted by Crippen LogP contribution is -2.23. The van der Waals surface area contributed by atoms with Crippen molar-refractivity contribution in [2.75, 3.05) is 19.0 Å². The van der Waals surface area contributed by atoms with E-state index >= 15 is 0 Å². The van der Waals surface area contributed by atoms with Gasteiger partial charge in [-0.05, 0) is 12.1 Å². The summed E-state index contributed by atoms with van der Waals surface area (Å²) in [5.74, 6) is 2.62. The van der Waals surface area contributed by atoms with Crippen LogP contribution < -0.4 is 15.8 Å². The van der Waals surface area contributed by atoms with E-state index in [1.54, 1.807) is 7.11 Å². The highest BCUT2D eigenvalue weighted by Gasteiger charge is 2.08. The SMILES string of the molecule is COc1cccc(NC(N)=NCCc2nc(C(C)C)no2)c1. The molecule has 0 aliphatic carbocycles. The van der Waals surface area contributed by atoms with Crippen LogP contribution in [0.2, 0.25) is 0 Å². The van der Waals surface area contributed by atoms with E-state index in [0.29, 0.717) is 30.6 Å². The Hall–Kier alpha value is -2.57. The van der Waals surface area contributed by atoms with Crippen molar-refractivity contribution in [3.63, 3.8) is 0 Å².